The minimum Gasteiger partial charge on any atom is -0.291 e. The van der Waals surface area contributed by atoms with Gasteiger partial charge in [0.2, 0.25) is 0 Å². The molecule has 126 valence electrons. The van der Waals surface area contributed by atoms with Gasteiger partial charge in [0.1, 0.15) is 0 Å². The molecule has 1 aliphatic rings. The van der Waals surface area contributed by atoms with Crippen LogP contribution in [0.15, 0.2) is 85.5 Å². The maximum atomic E-state index is 3.96. The summed E-state index contributed by atoms with van der Waals surface area (Å²) in [7, 11) is 0. The van der Waals surface area contributed by atoms with Crippen LogP contribution in [0.2, 0.25) is 0 Å². The van der Waals surface area contributed by atoms with Gasteiger partial charge in [0.25, 0.3) is 0 Å². The lowest BCUT2D eigenvalue weighted by Gasteiger charge is -2.19. The zero-order valence-electron chi connectivity index (χ0n) is 14.8. The van der Waals surface area contributed by atoms with E-state index in [0.29, 0.717) is 0 Å². The average Bonchev–Trinajstić information content (AvgIpc) is 2.84. The Bertz CT molecular complexity index is 1050. The Balaban J connectivity index is 1.92. The van der Waals surface area contributed by atoms with Crippen molar-refractivity contribution in [3.63, 3.8) is 0 Å². The van der Waals surface area contributed by atoms with Gasteiger partial charge in [0, 0.05) is 19.6 Å². The van der Waals surface area contributed by atoms with E-state index in [1.807, 2.05) is 6.08 Å². The minimum atomic E-state index is 0.901. The fourth-order valence-corrected chi connectivity index (χ4v) is 4.34. The Morgan fingerprint density at radius 2 is 1.19 bits per heavy atom. The van der Waals surface area contributed by atoms with E-state index in [9.17, 15) is 0 Å². The van der Waals surface area contributed by atoms with Gasteiger partial charge in [0.15, 0.2) is 0 Å². The van der Waals surface area contributed by atoms with Gasteiger partial charge in [-0.3, -0.25) is 4.90 Å². The van der Waals surface area contributed by atoms with Crippen molar-refractivity contribution in [1.29, 1.82) is 0 Å². The number of hydrogen-bond donors (Lipinski definition) is 0. The lowest BCUT2D eigenvalue weighted by molar-refractivity contribution is 0.289. The fourth-order valence-electron chi connectivity index (χ4n) is 4.34. The van der Waals surface area contributed by atoms with Gasteiger partial charge in [-0.05, 0) is 43.8 Å². The summed E-state index contributed by atoms with van der Waals surface area (Å²) in [6, 6.07) is 26.7. The van der Waals surface area contributed by atoms with Gasteiger partial charge in [-0.25, -0.2) is 0 Å². The van der Waals surface area contributed by atoms with Crippen LogP contribution in [0, 0.1) is 0 Å². The molecule has 0 aliphatic carbocycles. The summed E-state index contributed by atoms with van der Waals surface area (Å²) in [5, 5.41) is 5.32. The van der Waals surface area contributed by atoms with Crippen LogP contribution >= 0.6 is 0 Å². The van der Waals surface area contributed by atoms with Gasteiger partial charge < -0.3 is 0 Å². The Morgan fingerprint density at radius 1 is 0.692 bits per heavy atom. The molecule has 0 atom stereocenters. The molecule has 0 N–H and O–H groups in total. The molecular weight excluding hydrogens is 314 g/mol. The highest BCUT2D eigenvalue weighted by atomic mass is 15.1. The van der Waals surface area contributed by atoms with Crippen molar-refractivity contribution in [2.75, 3.05) is 6.54 Å². The predicted octanol–water partition coefficient (Wildman–Crippen LogP) is 6.16. The molecule has 0 spiro atoms. The van der Waals surface area contributed by atoms with Crippen molar-refractivity contribution in [2.24, 2.45) is 0 Å². The smallest absolute Gasteiger partial charge is 0.0246 e. The molecule has 1 heteroatoms. The Hall–Kier alpha value is -2.90. The van der Waals surface area contributed by atoms with Crippen molar-refractivity contribution in [2.45, 2.75) is 13.1 Å². The van der Waals surface area contributed by atoms with Crippen molar-refractivity contribution in [1.82, 2.24) is 4.90 Å². The summed E-state index contributed by atoms with van der Waals surface area (Å²) in [6.07, 6.45) is 2.01. The summed E-state index contributed by atoms with van der Waals surface area (Å²) < 4.78 is 0. The third-order valence-electron chi connectivity index (χ3n) is 5.46. The molecule has 26 heavy (non-hydrogen) atoms. The van der Waals surface area contributed by atoms with Crippen LogP contribution in [0.3, 0.4) is 0 Å². The third kappa shape index (κ3) is 2.36. The van der Waals surface area contributed by atoms with Crippen molar-refractivity contribution >= 4 is 21.5 Å². The highest BCUT2D eigenvalue weighted by molar-refractivity contribution is 6.08. The van der Waals surface area contributed by atoms with Crippen molar-refractivity contribution in [3.05, 3.63) is 96.6 Å². The van der Waals surface area contributed by atoms with Crippen molar-refractivity contribution in [3.8, 4) is 11.1 Å². The van der Waals surface area contributed by atoms with Gasteiger partial charge >= 0.3 is 0 Å². The summed E-state index contributed by atoms with van der Waals surface area (Å²) in [6.45, 7) is 6.76. The number of nitrogens with zero attached hydrogens (tertiary/aromatic N) is 1. The predicted molar refractivity (Wildman–Crippen MR) is 111 cm³/mol. The first-order valence-corrected chi connectivity index (χ1v) is 9.20. The largest absolute Gasteiger partial charge is 0.291 e. The molecule has 4 aromatic carbocycles. The van der Waals surface area contributed by atoms with E-state index in [2.05, 4.69) is 84.3 Å². The Kier molecular flexibility index (Phi) is 3.62. The average molecular weight is 335 g/mol. The Labute approximate surface area is 154 Å². The summed E-state index contributed by atoms with van der Waals surface area (Å²) in [5.41, 5.74) is 5.62. The monoisotopic (exact) mass is 335 g/mol. The number of hydrogen-bond acceptors (Lipinski definition) is 1. The first kappa shape index (κ1) is 15.4. The van der Waals surface area contributed by atoms with Crippen LogP contribution in [0.1, 0.15) is 11.1 Å². The highest BCUT2D eigenvalue weighted by Crippen LogP contribution is 2.41. The standard InChI is InChI=1S/C25H21N/c1-2-15-26-16-20-13-11-18-7-3-5-9-22(18)24(20)25-21(17-26)14-12-19-8-4-6-10-23(19)25/h2-14H,1,15-17H2. The molecule has 4 aromatic rings. The van der Waals surface area contributed by atoms with Gasteiger partial charge in [-0.2, -0.15) is 0 Å². The second-order valence-corrected chi connectivity index (χ2v) is 7.10. The molecule has 0 fully saturated rings. The summed E-state index contributed by atoms with van der Waals surface area (Å²) in [5.74, 6) is 0. The maximum Gasteiger partial charge on any atom is 0.0246 e. The van der Waals surface area contributed by atoms with E-state index in [1.165, 1.54) is 43.8 Å². The highest BCUT2D eigenvalue weighted by Gasteiger charge is 2.22. The molecule has 1 nitrogen and oxygen atoms in total. The van der Waals surface area contributed by atoms with Crippen LogP contribution in [-0.4, -0.2) is 11.4 Å². The summed E-state index contributed by atoms with van der Waals surface area (Å²) in [4.78, 5) is 2.47. The number of fused-ring (bicyclic) bond motifs is 7. The van der Waals surface area contributed by atoms with E-state index < -0.39 is 0 Å². The zero-order chi connectivity index (χ0) is 17.5. The van der Waals surface area contributed by atoms with E-state index >= 15 is 0 Å². The van der Waals surface area contributed by atoms with Gasteiger partial charge in [-0.1, -0.05) is 78.9 Å². The van der Waals surface area contributed by atoms with E-state index in [4.69, 9.17) is 0 Å². The SMILES string of the molecule is C=CCN1Cc2ccc3ccccc3c2-c2c(ccc3ccccc23)C1. The van der Waals surface area contributed by atoms with Gasteiger partial charge in [-0.15, -0.1) is 6.58 Å². The molecule has 1 heterocycles. The molecule has 0 saturated carbocycles. The van der Waals surface area contributed by atoms with Crippen LogP contribution < -0.4 is 0 Å². The maximum absolute atomic E-state index is 3.96. The number of rotatable bonds is 2. The lowest BCUT2D eigenvalue weighted by Crippen LogP contribution is -2.21. The topological polar surface area (TPSA) is 3.24 Å². The van der Waals surface area contributed by atoms with Gasteiger partial charge in [0.05, 0.1) is 0 Å². The van der Waals surface area contributed by atoms with E-state index in [0.717, 1.165) is 19.6 Å². The quantitative estimate of drug-likeness (QED) is 0.396. The molecule has 0 aromatic heterocycles. The molecule has 0 radical (unpaired) electrons. The van der Waals surface area contributed by atoms with Crippen LogP contribution in [0.4, 0.5) is 0 Å². The van der Waals surface area contributed by atoms with Crippen LogP contribution in [0.25, 0.3) is 32.7 Å². The van der Waals surface area contributed by atoms with E-state index in [1.54, 1.807) is 0 Å². The Morgan fingerprint density at radius 3 is 1.69 bits per heavy atom. The lowest BCUT2D eigenvalue weighted by atomic mass is 9.88. The molecule has 0 unspecified atom stereocenters. The summed E-state index contributed by atoms with van der Waals surface area (Å²) >= 11 is 0. The molecule has 1 aliphatic heterocycles. The second kappa shape index (κ2) is 6.12. The molecule has 0 bridgehead atoms. The number of benzene rings is 4. The first-order valence-electron chi connectivity index (χ1n) is 9.20. The second-order valence-electron chi connectivity index (χ2n) is 7.10. The zero-order valence-corrected chi connectivity index (χ0v) is 14.8. The molecule has 0 amide bonds. The fraction of sp³-hybridized carbons (Fsp3) is 0.120. The molecule has 5 rings (SSSR count). The van der Waals surface area contributed by atoms with Crippen molar-refractivity contribution < 1.29 is 0 Å². The minimum absolute atomic E-state index is 0.901. The van der Waals surface area contributed by atoms with E-state index in [-0.39, 0.29) is 0 Å². The third-order valence-corrected chi connectivity index (χ3v) is 5.46. The first-order chi connectivity index (χ1) is 12.8. The normalized spacial score (nSPS) is 14.0. The van der Waals surface area contributed by atoms with Crippen LogP contribution in [0.5, 0.6) is 0 Å². The molecular formula is C25H21N. The molecule has 0 saturated heterocycles. The van der Waals surface area contributed by atoms with Crippen LogP contribution in [-0.2, 0) is 13.1 Å².